The second-order valence-electron chi connectivity index (χ2n) is 36.9. The lowest BCUT2D eigenvalue weighted by Gasteiger charge is -2.40. The van der Waals surface area contributed by atoms with Gasteiger partial charge in [-0.3, -0.25) is 0 Å². The highest BCUT2D eigenvalue weighted by Gasteiger charge is 2.42. The first-order valence-corrected chi connectivity index (χ1v) is 48.4. The number of hydrogen-bond acceptors (Lipinski definition) is 16. The standard InChI is InChI=1S/C116H152O16/c1-33-73(17)125-97-57-81(105(117-25)41-65(97)9)49-89-90(50-82-58-98(126-74(18)34-2)66(10)42-106(82)118-26)94(54-86-62-102(130-78(22)38-6)70(14)46-110(86)122-30)114-113(93(89)53-85-61-101(129-77(21)37-5)69(13)45-109(85)121-29)115-95(55-87-63-103(131-79(23)39-7)71(15)47-111(87)123-31)91(51-83-59-99(127-75(19)35-3)67(11)43-107(83)119-27)92(52-84-60-100(128-76(20)36-4)68(12)44-108(84)120-28)96(116(114)115)56-88-64-104(132-80(24)40-8)72(16)48-112(88)124-32/h41-48,57-64,73-80H,33-40,49-56H2,1-32H3/t73-,74-,75-,76-,77-,78-,79-,80-/m1/s1. The molecular weight excluding hydrogens is 1650 g/mol. The molecule has 0 aliphatic heterocycles. The van der Waals surface area contributed by atoms with Gasteiger partial charge in [-0.15, -0.1) is 0 Å². The fourth-order valence-electron chi connectivity index (χ4n) is 17.8. The molecule has 0 bridgehead atoms. The summed E-state index contributed by atoms with van der Waals surface area (Å²) in [6, 6.07) is 35.1. The van der Waals surface area contributed by atoms with E-state index in [4.69, 9.17) is 75.8 Å². The maximum absolute atomic E-state index is 7.09. The molecular formula is C116H152O16. The molecule has 1 aliphatic rings. The zero-order chi connectivity index (χ0) is 96.0. The Bertz CT molecular complexity index is 4990. The molecule has 0 radical (unpaired) electrons. The van der Waals surface area contributed by atoms with Crippen molar-refractivity contribution in [2.45, 2.75) is 318 Å². The van der Waals surface area contributed by atoms with Gasteiger partial charge in [0.25, 0.3) is 0 Å². The fraction of sp³-hybridized carbons (Fsp3) is 0.483. The average molecular weight is 1800 g/mol. The molecule has 10 aromatic rings. The van der Waals surface area contributed by atoms with E-state index < -0.39 is 0 Å². The summed E-state index contributed by atoms with van der Waals surface area (Å²) in [4.78, 5) is 0. The summed E-state index contributed by atoms with van der Waals surface area (Å²) in [5.41, 5.74) is 28.0. The number of aryl methyl sites for hydroxylation is 8. The van der Waals surface area contributed by atoms with E-state index in [9.17, 15) is 0 Å². The third-order valence-corrected chi connectivity index (χ3v) is 27.2. The SMILES string of the molecule is CC[C@@H](C)Oc1cc(Cc2c(Cc3cc(O[C@H](C)CC)c(C)cc3OC)c(Cc3cc(O[C@H](C)CC)c(C)cc3OC)c3c(c2Cc2cc(O[C@H](C)CC)c(C)cc2OC)-c2c(Cc4cc(O[C@H](C)CC)c(C)cc4OC)c(Cc4cc(O[C@H](C)CC)c(C)cc4OC)c(Cc4cc(O[C@H](C)CC)c(C)cc4OC)c(Cc4cc(O[C@H](C)CC)c(C)cc4OC)c2-3)c(OC)cc1C. The van der Waals surface area contributed by atoms with Crippen LogP contribution in [-0.4, -0.2) is 106 Å². The molecule has 712 valence electrons. The van der Waals surface area contributed by atoms with E-state index >= 15 is 0 Å². The topological polar surface area (TPSA) is 148 Å². The van der Waals surface area contributed by atoms with Crippen molar-refractivity contribution in [2.24, 2.45) is 0 Å². The Hall–Kier alpha value is -11.0. The summed E-state index contributed by atoms with van der Waals surface area (Å²) in [7, 11) is 14.3. The van der Waals surface area contributed by atoms with Crippen molar-refractivity contribution in [3.8, 4) is 114 Å². The van der Waals surface area contributed by atoms with E-state index in [1.807, 2.05) is 0 Å². The highest BCUT2D eigenvalue weighted by Crippen LogP contribution is 2.62. The Balaban J connectivity index is 1.54. The summed E-state index contributed by atoms with van der Waals surface area (Å²) in [5.74, 6) is 12.0. The van der Waals surface area contributed by atoms with Crippen LogP contribution in [0.15, 0.2) is 97.1 Å². The van der Waals surface area contributed by atoms with E-state index in [1.54, 1.807) is 56.9 Å². The Morgan fingerprint density at radius 1 is 0.159 bits per heavy atom. The number of hydrogen-bond donors (Lipinski definition) is 0. The Morgan fingerprint density at radius 2 is 0.265 bits per heavy atom. The minimum Gasteiger partial charge on any atom is -0.496 e. The minimum absolute atomic E-state index is 0.0995. The predicted octanol–water partition coefficient (Wildman–Crippen LogP) is 28.0. The summed E-state index contributed by atoms with van der Waals surface area (Å²) in [6.07, 6.45) is 8.34. The van der Waals surface area contributed by atoms with Crippen LogP contribution < -0.4 is 75.8 Å². The molecule has 0 fully saturated rings. The van der Waals surface area contributed by atoms with Gasteiger partial charge in [-0.05, 0) is 370 Å². The lowest BCUT2D eigenvalue weighted by Crippen LogP contribution is -2.23. The molecule has 0 saturated heterocycles. The smallest absolute Gasteiger partial charge is 0.123 e. The van der Waals surface area contributed by atoms with Crippen molar-refractivity contribution in [3.05, 3.63) is 231 Å². The minimum atomic E-state index is -0.106. The molecule has 0 aromatic heterocycles. The van der Waals surface area contributed by atoms with Crippen LogP contribution in [0.3, 0.4) is 0 Å². The van der Waals surface area contributed by atoms with Crippen molar-refractivity contribution in [2.75, 3.05) is 56.9 Å². The molecule has 10 aromatic carbocycles. The molecule has 0 saturated carbocycles. The van der Waals surface area contributed by atoms with E-state index in [0.717, 1.165) is 299 Å². The third-order valence-electron chi connectivity index (χ3n) is 27.2. The first kappa shape index (κ1) is 102. The van der Waals surface area contributed by atoms with Crippen LogP contribution in [0.5, 0.6) is 92.0 Å². The van der Waals surface area contributed by atoms with Crippen LogP contribution in [-0.2, 0) is 51.4 Å². The molecule has 16 heteroatoms. The summed E-state index contributed by atoms with van der Waals surface area (Å²) < 4.78 is 111. The lowest BCUT2D eigenvalue weighted by atomic mass is 9.63. The molecule has 0 N–H and O–H groups in total. The summed E-state index contributed by atoms with van der Waals surface area (Å²) in [6.45, 7) is 51.3. The van der Waals surface area contributed by atoms with Gasteiger partial charge in [0.05, 0.1) is 106 Å². The van der Waals surface area contributed by atoms with Crippen molar-refractivity contribution >= 4 is 0 Å². The van der Waals surface area contributed by atoms with Gasteiger partial charge in [-0.2, -0.15) is 0 Å². The molecule has 0 amide bonds. The van der Waals surface area contributed by atoms with E-state index in [1.165, 1.54) is 0 Å². The largest absolute Gasteiger partial charge is 0.496 e. The van der Waals surface area contributed by atoms with Crippen LogP contribution in [0.25, 0.3) is 22.3 Å². The van der Waals surface area contributed by atoms with E-state index in [-0.39, 0.29) is 48.8 Å². The Kier molecular flexibility index (Phi) is 35.1. The number of benzene rings is 10. The zero-order valence-corrected chi connectivity index (χ0v) is 85.7. The molecule has 8 atom stereocenters. The van der Waals surface area contributed by atoms with Gasteiger partial charge >= 0.3 is 0 Å². The highest BCUT2D eigenvalue weighted by atomic mass is 16.5. The van der Waals surface area contributed by atoms with Crippen LogP contribution in [0.2, 0.25) is 0 Å². The van der Waals surface area contributed by atoms with Crippen molar-refractivity contribution in [1.82, 2.24) is 0 Å². The van der Waals surface area contributed by atoms with Crippen molar-refractivity contribution < 1.29 is 75.8 Å². The van der Waals surface area contributed by atoms with E-state index in [0.29, 0.717) is 51.4 Å². The molecule has 1 aliphatic carbocycles. The first-order valence-electron chi connectivity index (χ1n) is 48.4. The maximum Gasteiger partial charge on any atom is 0.123 e. The quantitative estimate of drug-likeness (QED) is 0.0356. The van der Waals surface area contributed by atoms with Gasteiger partial charge in [-0.1, -0.05) is 55.4 Å². The van der Waals surface area contributed by atoms with Gasteiger partial charge < -0.3 is 75.8 Å². The lowest BCUT2D eigenvalue weighted by molar-refractivity contribution is 0.215. The number of fused-ring (bicyclic) bond motifs is 4. The number of rotatable bonds is 48. The van der Waals surface area contributed by atoms with Crippen LogP contribution >= 0.6 is 0 Å². The average Bonchev–Trinajstić information content (AvgIpc) is 0.675. The summed E-state index contributed by atoms with van der Waals surface area (Å²) >= 11 is 0. The van der Waals surface area contributed by atoms with Gasteiger partial charge in [-0.25, -0.2) is 0 Å². The Morgan fingerprint density at radius 3 is 0.364 bits per heavy atom. The zero-order valence-electron chi connectivity index (χ0n) is 85.7. The monoisotopic (exact) mass is 1800 g/mol. The number of methoxy groups -OCH3 is 8. The van der Waals surface area contributed by atoms with Crippen molar-refractivity contribution in [3.63, 3.8) is 0 Å². The molecule has 0 unspecified atom stereocenters. The van der Waals surface area contributed by atoms with Crippen LogP contribution in [0, 0.1) is 55.4 Å². The Labute approximate surface area is 790 Å². The summed E-state index contributed by atoms with van der Waals surface area (Å²) in [5, 5.41) is 0. The molecule has 132 heavy (non-hydrogen) atoms. The normalized spacial score (nSPS) is 13.4. The van der Waals surface area contributed by atoms with Gasteiger partial charge in [0, 0.05) is 95.9 Å². The van der Waals surface area contributed by atoms with Gasteiger partial charge in [0.15, 0.2) is 0 Å². The molecule has 0 spiro atoms. The van der Waals surface area contributed by atoms with E-state index in [2.05, 4.69) is 263 Å². The predicted molar refractivity (Wildman–Crippen MR) is 538 cm³/mol. The third kappa shape index (κ3) is 22.9. The second-order valence-corrected chi connectivity index (χ2v) is 36.9. The molecule has 16 nitrogen and oxygen atoms in total. The van der Waals surface area contributed by atoms with Gasteiger partial charge in [0.1, 0.15) is 92.0 Å². The van der Waals surface area contributed by atoms with Crippen LogP contribution in [0.1, 0.15) is 296 Å². The van der Waals surface area contributed by atoms with Crippen LogP contribution in [0.4, 0.5) is 0 Å². The van der Waals surface area contributed by atoms with Gasteiger partial charge in [0.2, 0.25) is 0 Å². The fourth-order valence-corrected chi connectivity index (χ4v) is 17.8. The maximum atomic E-state index is 7.09. The molecule has 11 rings (SSSR count). The number of ether oxygens (including phenoxy) is 16. The highest BCUT2D eigenvalue weighted by molar-refractivity contribution is 6.11. The second kappa shape index (κ2) is 45.6. The molecule has 0 heterocycles. The van der Waals surface area contributed by atoms with Crippen molar-refractivity contribution in [1.29, 1.82) is 0 Å². The first-order chi connectivity index (χ1) is 63.2.